The molecule has 1 aliphatic rings. The first kappa shape index (κ1) is 22.6. The van der Waals surface area contributed by atoms with E-state index >= 15 is 0 Å². The Balaban J connectivity index is 1.57. The molecule has 0 atom stereocenters. The molecule has 0 bridgehead atoms. The third-order valence-corrected chi connectivity index (χ3v) is 5.71. The third-order valence-electron chi connectivity index (χ3n) is 5.27. The number of furan rings is 1. The van der Waals surface area contributed by atoms with Crippen LogP contribution in [0.4, 0.5) is 11.4 Å². The Kier molecular flexibility index (Phi) is 5.94. The van der Waals surface area contributed by atoms with E-state index in [9.17, 15) is 14.9 Å². The molecule has 0 N–H and O–H groups in total. The average molecular weight is 504 g/mol. The van der Waals surface area contributed by atoms with Crippen LogP contribution in [0, 0.1) is 10.1 Å². The molecule has 3 aromatic carbocycles. The summed E-state index contributed by atoms with van der Waals surface area (Å²) in [5.74, 6) is 0.512. The SMILES string of the molecule is O=C1C(=Cc2ccc(-c3cc(Cl)cc(Cl)c3)o2)C(c2ccccc2)=NN1c1cccc([N+](=O)[O-])c1. The van der Waals surface area contributed by atoms with Crippen molar-refractivity contribution in [1.82, 2.24) is 0 Å². The van der Waals surface area contributed by atoms with Gasteiger partial charge in [0.2, 0.25) is 0 Å². The summed E-state index contributed by atoms with van der Waals surface area (Å²) in [7, 11) is 0. The van der Waals surface area contributed by atoms with Crippen LogP contribution in [0.5, 0.6) is 0 Å². The summed E-state index contributed by atoms with van der Waals surface area (Å²) >= 11 is 12.2. The van der Waals surface area contributed by atoms with E-state index in [1.165, 1.54) is 18.2 Å². The summed E-state index contributed by atoms with van der Waals surface area (Å²) in [4.78, 5) is 24.1. The highest BCUT2D eigenvalue weighted by Gasteiger charge is 2.33. The summed E-state index contributed by atoms with van der Waals surface area (Å²) in [6.07, 6.45) is 1.60. The Hall–Kier alpha value is -4.20. The minimum atomic E-state index is -0.519. The van der Waals surface area contributed by atoms with Crippen molar-refractivity contribution in [3.05, 3.63) is 122 Å². The van der Waals surface area contributed by atoms with Crippen molar-refractivity contribution >= 4 is 52.3 Å². The number of nitrogens with zero attached hydrogens (tertiary/aromatic N) is 3. The molecule has 0 fully saturated rings. The minimum absolute atomic E-state index is 0.139. The van der Waals surface area contributed by atoms with Crippen molar-refractivity contribution in [3.8, 4) is 11.3 Å². The maximum absolute atomic E-state index is 13.4. The number of amides is 1. The van der Waals surface area contributed by atoms with Gasteiger partial charge in [-0.15, -0.1) is 0 Å². The molecule has 0 saturated carbocycles. The first-order chi connectivity index (χ1) is 16.9. The maximum atomic E-state index is 13.4. The second-order valence-corrected chi connectivity index (χ2v) is 8.50. The van der Waals surface area contributed by atoms with Gasteiger partial charge in [0.1, 0.15) is 17.2 Å². The second kappa shape index (κ2) is 9.21. The monoisotopic (exact) mass is 503 g/mol. The zero-order chi connectivity index (χ0) is 24.5. The molecule has 0 spiro atoms. The molecule has 0 radical (unpaired) electrons. The van der Waals surface area contributed by atoms with Crippen LogP contribution >= 0.6 is 23.2 Å². The van der Waals surface area contributed by atoms with Gasteiger partial charge >= 0.3 is 0 Å². The third kappa shape index (κ3) is 4.59. The van der Waals surface area contributed by atoms with E-state index in [-0.39, 0.29) is 16.9 Å². The molecule has 1 aliphatic heterocycles. The Morgan fingerprint density at radius 2 is 1.63 bits per heavy atom. The van der Waals surface area contributed by atoms with Crippen molar-refractivity contribution in [3.63, 3.8) is 0 Å². The summed E-state index contributed by atoms with van der Waals surface area (Å²) in [5, 5.41) is 17.8. The number of carbonyl (C=O) groups excluding carboxylic acids is 1. The highest BCUT2D eigenvalue weighted by molar-refractivity contribution is 6.37. The average Bonchev–Trinajstić information content (AvgIpc) is 3.44. The van der Waals surface area contributed by atoms with Crippen LogP contribution in [0.2, 0.25) is 10.0 Å². The smallest absolute Gasteiger partial charge is 0.281 e. The lowest BCUT2D eigenvalue weighted by Crippen LogP contribution is -2.21. The number of carbonyl (C=O) groups is 1. The van der Waals surface area contributed by atoms with Crippen LogP contribution in [0.15, 0.2) is 100 Å². The molecule has 5 rings (SSSR count). The highest BCUT2D eigenvalue weighted by Crippen LogP contribution is 2.32. The van der Waals surface area contributed by atoms with Gasteiger partial charge in [-0.05, 0) is 42.5 Å². The predicted molar refractivity (Wildman–Crippen MR) is 136 cm³/mol. The number of hydrazone groups is 1. The second-order valence-electron chi connectivity index (χ2n) is 7.63. The van der Waals surface area contributed by atoms with Crippen molar-refractivity contribution in [2.24, 2.45) is 5.10 Å². The quantitative estimate of drug-likeness (QED) is 0.166. The van der Waals surface area contributed by atoms with Gasteiger partial charge in [-0.2, -0.15) is 10.1 Å². The van der Waals surface area contributed by atoms with Crippen LogP contribution in [0.1, 0.15) is 11.3 Å². The molecule has 7 nitrogen and oxygen atoms in total. The van der Waals surface area contributed by atoms with Crippen LogP contribution in [-0.4, -0.2) is 16.5 Å². The number of anilines is 1. The Bertz CT molecular complexity index is 1510. The summed E-state index contributed by atoms with van der Waals surface area (Å²) in [6.45, 7) is 0. The molecule has 0 unspecified atom stereocenters. The lowest BCUT2D eigenvalue weighted by molar-refractivity contribution is -0.384. The zero-order valence-corrected chi connectivity index (χ0v) is 19.4. The topological polar surface area (TPSA) is 89.0 Å². The van der Waals surface area contributed by atoms with Crippen LogP contribution in [0.25, 0.3) is 17.4 Å². The largest absolute Gasteiger partial charge is 0.457 e. The fourth-order valence-corrected chi connectivity index (χ4v) is 4.22. The van der Waals surface area contributed by atoms with E-state index in [0.29, 0.717) is 38.4 Å². The summed E-state index contributed by atoms with van der Waals surface area (Å²) < 4.78 is 5.96. The van der Waals surface area contributed by atoms with Gasteiger partial charge in [0, 0.05) is 33.3 Å². The number of hydrogen-bond acceptors (Lipinski definition) is 5. The van der Waals surface area contributed by atoms with Gasteiger partial charge in [-0.25, -0.2) is 0 Å². The first-order valence-electron chi connectivity index (χ1n) is 10.4. The van der Waals surface area contributed by atoms with E-state index in [1.807, 2.05) is 30.3 Å². The fourth-order valence-electron chi connectivity index (χ4n) is 3.69. The molecule has 1 amide bonds. The van der Waals surface area contributed by atoms with Crippen LogP contribution in [0.3, 0.4) is 0 Å². The number of hydrogen-bond donors (Lipinski definition) is 0. The van der Waals surface area contributed by atoms with E-state index in [4.69, 9.17) is 27.6 Å². The highest BCUT2D eigenvalue weighted by atomic mass is 35.5. The fraction of sp³-hybridized carbons (Fsp3) is 0. The van der Waals surface area contributed by atoms with Gasteiger partial charge in [0.15, 0.2) is 0 Å². The van der Waals surface area contributed by atoms with Crippen molar-refractivity contribution in [1.29, 1.82) is 0 Å². The zero-order valence-electron chi connectivity index (χ0n) is 17.9. The predicted octanol–water partition coefficient (Wildman–Crippen LogP) is 7.00. The molecule has 4 aromatic rings. The summed E-state index contributed by atoms with van der Waals surface area (Å²) in [6, 6.07) is 23.5. The Morgan fingerprint density at radius 3 is 2.34 bits per heavy atom. The van der Waals surface area contributed by atoms with E-state index in [1.54, 1.807) is 42.5 Å². The summed E-state index contributed by atoms with van der Waals surface area (Å²) in [5.41, 5.74) is 2.27. The first-order valence-corrected chi connectivity index (χ1v) is 11.2. The van der Waals surface area contributed by atoms with Gasteiger partial charge in [-0.1, -0.05) is 59.6 Å². The van der Waals surface area contributed by atoms with Crippen molar-refractivity contribution in [2.75, 3.05) is 5.01 Å². The van der Waals surface area contributed by atoms with Crippen LogP contribution in [-0.2, 0) is 4.79 Å². The normalized spacial score (nSPS) is 14.5. The standard InChI is InChI=1S/C26H15Cl2N3O4/c27-18-11-17(12-19(28)13-18)24-10-9-22(35-24)15-23-25(16-5-2-1-3-6-16)29-30(26(23)32)20-7-4-8-21(14-20)31(33)34/h1-15H. The van der Waals surface area contributed by atoms with Crippen molar-refractivity contribution in [2.45, 2.75) is 0 Å². The number of non-ortho nitro benzene ring substituents is 1. The van der Waals surface area contributed by atoms with E-state index < -0.39 is 10.8 Å². The molecule has 1 aromatic heterocycles. The Morgan fingerprint density at radius 1 is 0.886 bits per heavy atom. The minimum Gasteiger partial charge on any atom is -0.457 e. The van der Waals surface area contributed by atoms with Gasteiger partial charge in [0.25, 0.3) is 11.6 Å². The molecule has 9 heteroatoms. The molecular formula is C26H15Cl2N3O4. The van der Waals surface area contributed by atoms with E-state index in [2.05, 4.69) is 5.10 Å². The van der Waals surface area contributed by atoms with Crippen LogP contribution < -0.4 is 5.01 Å². The maximum Gasteiger partial charge on any atom is 0.281 e. The molecule has 2 heterocycles. The number of benzene rings is 3. The lowest BCUT2D eigenvalue weighted by Gasteiger charge is -2.11. The molecule has 0 saturated heterocycles. The number of rotatable bonds is 5. The van der Waals surface area contributed by atoms with Gasteiger partial charge < -0.3 is 4.42 Å². The number of nitro benzene ring substituents is 1. The van der Waals surface area contributed by atoms with Gasteiger partial charge in [0.05, 0.1) is 16.2 Å². The molecular weight excluding hydrogens is 489 g/mol. The molecule has 0 aliphatic carbocycles. The van der Waals surface area contributed by atoms with Crippen molar-refractivity contribution < 1.29 is 14.1 Å². The number of halogens is 2. The van der Waals surface area contributed by atoms with Gasteiger partial charge in [-0.3, -0.25) is 14.9 Å². The Labute approximate surface area is 209 Å². The molecule has 172 valence electrons. The number of nitro groups is 1. The lowest BCUT2D eigenvalue weighted by atomic mass is 10.0. The van der Waals surface area contributed by atoms with E-state index in [0.717, 1.165) is 5.01 Å². The molecule has 35 heavy (non-hydrogen) atoms.